The third-order valence-corrected chi connectivity index (χ3v) is 4.04. The average Bonchev–Trinajstić information content (AvgIpc) is 2.47. The van der Waals surface area contributed by atoms with Gasteiger partial charge in [-0.25, -0.2) is 4.79 Å². The van der Waals surface area contributed by atoms with Crippen molar-refractivity contribution in [3.8, 4) is 0 Å². The van der Waals surface area contributed by atoms with Gasteiger partial charge in [-0.05, 0) is 25.8 Å². The van der Waals surface area contributed by atoms with Crippen molar-refractivity contribution >= 4 is 12.0 Å². The van der Waals surface area contributed by atoms with E-state index in [2.05, 4.69) is 12.2 Å². The molecule has 1 N–H and O–H groups in total. The highest BCUT2D eigenvalue weighted by atomic mass is 16.6. The van der Waals surface area contributed by atoms with E-state index in [9.17, 15) is 9.59 Å². The average molecular weight is 283 g/mol. The Balaban J connectivity index is 1.81. The molecular formula is C14H25N3O3. The normalized spacial score (nSPS) is 27.3. The number of ether oxygens (including phenoxy) is 1. The zero-order chi connectivity index (χ0) is 14.5. The fourth-order valence-corrected chi connectivity index (χ4v) is 2.93. The minimum atomic E-state index is -0.271. The lowest BCUT2D eigenvalue weighted by Gasteiger charge is -2.37. The van der Waals surface area contributed by atoms with Crippen LogP contribution in [0.5, 0.6) is 0 Å². The molecule has 2 rings (SSSR count). The Hall–Kier alpha value is -1.30. The molecule has 2 atom stereocenters. The molecule has 2 aliphatic rings. The zero-order valence-electron chi connectivity index (χ0n) is 12.4. The maximum atomic E-state index is 12.5. The number of hydrogen-bond donors (Lipinski definition) is 1. The second-order valence-electron chi connectivity index (χ2n) is 5.71. The van der Waals surface area contributed by atoms with Gasteiger partial charge in [0.25, 0.3) is 0 Å². The van der Waals surface area contributed by atoms with Gasteiger partial charge in [-0.2, -0.15) is 0 Å². The van der Waals surface area contributed by atoms with Gasteiger partial charge < -0.3 is 19.9 Å². The predicted octanol–water partition coefficient (Wildman–Crippen LogP) is 0.533. The monoisotopic (exact) mass is 283 g/mol. The molecular weight excluding hydrogens is 258 g/mol. The van der Waals surface area contributed by atoms with E-state index in [0.29, 0.717) is 38.7 Å². The summed E-state index contributed by atoms with van der Waals surface area (Å²) in [7, 11) is 0. The van der Waals surface area contributed by atoms with Crippen LogP contribution in [0, 0.1) is 11.8 Å². The van der Waals surface area contributed by atoms with Crippen molar-refractivity contribution in [2.45, 2.75) is 20.3 Å². The van der Waals surface area contributed by atoms with E-state index < -0.39 is 0 Å². The standard InChI is InChI=1S/C14H25N3O3/c1-3-20-14(19)17-6-4-16(5-7-17)13(18)12-8-11(2)9-15-10-12/h11-12,15H,3-10H2,1-2H3. The van der Waals surface area contributed by atoms with Crippen molar-refractivity contribution in [3.05, 3.63) is 0 Å². The zero-order valence-corrected chi connectivity index (χ0v) is 12.4. The van der Waals surface area contributed by atoms with E-state index in [1.54, 1.807) is 11.8 Å². The summed E-state index contributed by atoms with van der Waals surface area (Å²) in [4.78, 5) is 27.6. The number of nitrogens with one attached hydrogen (secondary N) is 1. The molecule has 6 heteroatoms. The summed E-state index contributed by atoms with van der Waals surface area (Å²) in [5, 5.41) is 3.32. The van der Waals surface area contributed by atoms with Gasteiger partial charge >= 0.3 is 6.09 Å². The maximum absolute atomic E-state index is 12.5. The summed E-state index contributed by atoms with van der Waals surface area (Å²) in [5.74, 6) is 0.874. The van der Waals surface area contributed by atoms with Crippen LogP contribution in [0.4, 0.5) is 4.79 Å². The van der Waals surface area contributed by atoms with Gasteiger partial charge in [0, 0.05) is 32.7 Å². The van der Waals surface area contributed by atoms with Gasteiger partial charge in [0.2, 0.25) is 5.91 Å². The molecule has 2 amide bonds. The molecule has 2 heterocycles. The van der Waals surface area contributed by atoms with Crippen LogP contribution in [-0.4, -0.2) is 67.7 Å². The first kappa shape index (κ1) is 15.1. The lowest BCUT2D eigenvalue weighted by atomic mass is 9.90. The Kier molecular flexibility index (Phi) is 5.23. The van der Waals surface area contributed by atoms with Crippen molar-refractivity contribution in [2.75, 3.05) is 45.9 Å². The van der Waals surface area contributed by atoms with Crippen LogP contribution < -0.4 is 5.32 Å². The molecule has 2 aliphatic heterocycles. The Morgan fingerprint density at radius 3 is 2.40 bits per heavy atom. The fourth-order valence-electron chi connectivity index (χ4n) is 2.93. The number of piperazine rings is 1. The highest BCUT2D eigenvalue weighted by molar-refractivity contribution is 5.79. The molecule has 0 bridgehead atoms. The van der Waals surface area contributed by atoms with E-state index >= 15 is 0 Å². The Labute approximate surface area is 120 Å². The topological polar surface area (TPSA) is 61.9 Å². The second-order valence-corrected chi connectivity index (χ2v) is 5.71. The Morgan fingerprint density at radius 1 is 1.15 bits per heavy atom. The molecule has 114 valence electrons. The van der Waals surface area contributed by atoms with Crippen molar-refractivity contribution in [1.29, 1.82) is 0 Å². The van der Waals surface area contributed by atoms with E-state index in [4.69, 9.17) is 4.74 Å². The summed E-state index contributed by atoms with van der Waals surface area (Å²) in [6.45, 7) is 8.51. The van der Waals surface area contributed by atoms with E-state index in [1.807, 2.05) is 4.90 Å². The number of nitrogens with zero attached hydrogens (tertiary/aromatic N) is 2. The smallest absolute Gasteiger partial charge is 0.409 e. The first-order valence-corrected chi connectivity index (χ1v) is 7.53. The molecule has 0 radical (unpaired) electrons. The van der Waals surface area contributed by atoms with Gasteiger partial charge in [0.1, 0.15) is 0 Å². The highest BCUT2D eigenvalue weighted by Crippen LogP contribution is 2.19. The van der Waals surface area contributed by atoms with Crippen LogP contribution in [0.2, 0.25) is 0 Å². The van der Waals surface area contributed by atoms with Crippen molar-refractivity contribution in [1.82, 2.24) is 15.1 Å². The van der Waals surface area contributed by atoms with Crippen LogP contribution in [0.3, 0.4) is 0 Å². The largest absolute Gasteiger partial charge is 0.450 e. The quantitative estimate of drug-likeness (QED) is 0.803. The lowest BCUT2D eigenvalue weighted by Crippen LogP contribution is -2.54. The maximum Gasteiger partial charge on any atom is 0.409 e. The molecule has 20 heavy (non-hydrogen) atoms. The minimum absolute atomic E-state index is 0.0906. The number of hydrogen-bond acceptors (Lipinski definition) is 4. The molecule has 0 spiro atoms. The molecule has 2 fully saturated rings. The van der Waals surface area contributed by atoms with Crippen LogP contribution in [0.15, 0.2) is 0 Å². The van der Waals surface area contributed by atoms with E-state index in [0.717, 1.165) is 19.5 Å². The molecule has 0 aromatic heterocycles. The number of piperidine rings is 1. The third-order valence-electron chi connectivity index (χ3n) is 4.04. The summed E-state index contributed by atoms with van der Waals surface area (Å²) >= 11 is 0. The summed E-state index contributed by atoms with van der Waals surface area (Å²) in [6, 6.07) is 0. The first-order valence-electron chi connectivity index (χ1n) is 7.53. The third kappa shape index (κ3) is 3.62. The SMILES string of the molecule is CCOC(=O)N1CCN(C(=O)C2CNCC(C)C2)CC1. The first-order chi connectivity index (χ1) is 9.61. The Morgan fingerprint density at radius 2 is 1.80 bits per heavy atom. The van der Waals surface area contributed by atoms with Crippen LogP contribution in [0.25, 0.3) is 0 Å². The number of carbonyl (C=O) groups excluding carboxylic acids is 2. The molecule has 6 nitrogen and oxygen atoms in total. The molecule has 0 aliphatic carbocycles. The second kappa shape index (κ2) is 6.92. The van der Waals surface area contributed by atoms with Gasteiger partial charge in [-0.15, -0.1) is 0 Å². The Bertz CT molecular complexity index is 354. The van der Waals surface area contributed by atoms with E-state index in [1.165, 1.54) is 0 Å². The minimum Gasteiger partial charge on any atom is -0.450 e. The van der Waals surface area contributed by atoms with Crippen LogP contribution in [-0.2, 0) is 9.53 Å². The summed E-state index contributed by atoms with van der Waals surface area (Å²) < 4.78 is 4.98. The summed E-state index contributed by atoms with van der Waals surface area (Å²) in [5.41, 5.74) is 0. The van der Waals surface area contributed by atoms with Crippen molar-refractivity contribution < 1.29 is 14.3 Å². The van der Waals surface area contributed by atoms with Crippen LogP contribution >= 0.6 is 0 Å². The van der Waals surface area contributed by atoms with Gasteiger partial charge in [0.15, 0.2) is 0 Å². The van der Waals surface area contributed by atoms with E-state index in [-0.39, 0.29) is 17.9 Å². The molecule has 0 saturated carbocycles. The predicted molar refractivity (Wildman–Crippen MR) is 75.3 cm³/mol. The lowest BCUT2D eigenvalue weighted by molar-refractivity contribution is -0.138. The van der Waals surface area contributed by atoms with Crippen molar-refractivity contribution in [2.24, 2.45) is 11.8 Å². The molecule has 2 saturated heterocycles. The van der Waals surface area contributed by atoms with Gasteiger partial charge in [0.05, 0.1) is 12.5 Å². The molecule has 0 aromatic rings. The number of carbonyl (C=O) groups is 2. The summed E-state index contributed by atoms with van der Waals surface area (Å²) in [6.07, 6.45) is 0.691. The van der Waals surface area contributed by atoms with Gasteiger partial charge in [-0.1, -0.05) is 6.92 Å². The number of rotatable bonds is 2. The van der Waals surface area contributed by atoms with Crippen LogP contribution in [0.1, 0.15) is 20.3 Å². The number of amides is 2. The fraction of sp³-hybridized carbons (Fsp3) is 0.857. The molecule has 0 aromatic carbocycles. The highest BCUT2D eigenvalue weighted by Gasteiger charge is 2.31. The molecule has 2 unspecified atom stereocenters. The van der Waals surface area contributed by atoms with Gasteiger partial charge in [-0.3, -0.25) is 4.79 Å². The van der Waals surface area contributed by atoms with Crippen molar-refractivity contribution in [3.63, 3.8) is 0 Å².